The summed E-state index contributed by atoms with van der Waals surface area (Å²) in [6, 6.07) is 8.81. The smallest absolute Gasteiger partial charge is 0.0931 e. The van der Waals surface area contributed by atoms with Crippen LogP contribution < -0.4 is 5.32 Å². The first-order chi connectivity index (χ1) is 9.72. The number of hydrogen-bond acceptors (Lipinski definition) is 3. The molecule has 1 aliphatic rings. The molecular formula is C16H20ClNS2. The second-order valence-corrected chi connectivity index (χ2v) is 8.51. The molecule has 20 heavy (non-hydrogen) atoms. The fourth-order valence-electron chi connectivity index (χ4n) is 3.08. The molecular weight excluding hydrogens is 306 g/mol. The van der Waals surface area contributed by atoms with E-state index >= 15 is 0 Å². The van der Waals surface area contributed by atoms with E-state index in [0.29, 0.717) is 6.04 Å². The van der Waals surface area contributed by atoms with Gasteiger partial charge < -0.3 is 5.32 Å². The van der Waals surface area contributed by atoms with Crippen LogP contribution in [-0.4, -0.2) is 6.54 Å². The minimum absolute atomic E-state index is 0.309. The molecule has 1 aliphatic carbocycles. The number of hydrogen-bond donors (Lipinski definition) is 1. The summed E-state index contributed by atoms with van der Waals surface area (Å²) < 4.78 is 0.873. The summed E-state index contributed by atoms with van der Waals surface area (Å²) in [5.41, 5.74) is 0. The Labute approximate surface area is 134 Å². The van der Waals surface area contributed by atoms with Crippen LogP contribution >= 0.6 is 34.3 Å². The maximum absolute atomic E-state index is 6.11. The first kappa shape index (κ1) is 14.6. The second-order valence-electron chi connectivity index (χ2n) is 5.78. The van der Waals surface area contributed by atoms with Crippen LogP contribution in [0, 0.1) is 11.8 Å². The monoisotopic (exact) mass is 325 g/mol. The molecule has 1 N–H and O–H groups in total. The van der Waals surface area contributed by atoms with Gasteiger partial charge in [-0.1, -0.05) is 31.0 Å². The molecule has 2 heterocycles. The Balaban J connectivity index is 1.70. The van der Waals surface area contributed by atoms with Gasteiger partial charge in [0.15, 0.2) is 0 Å². The van der Waals surface area contributed by atoms with Crippen molar-refractivity contribution in [1.29, 1.82) is 0 Å². The van der Waals surface area contributed by atoms with Gasteiger partial charge in [-0.15, -0.1) is 22.7 Å². The van der Waals surface area contributed by atoms with Crippen LogP contribution in [0.15, 0.2) is 29.6 Å². The van der Waals surface area contributed by atoms with Gasteiger partial charge >= 0.3 is 0 Å². The van der Waals surface area contributed by atoms with Gasteiger partial charge in [-0.05, 0) is 54.8 Å². The third-order valence-corrected chi connectivity index (χ3v) is 6.35. The van der Waals surface area contributed by atoms with Crippen molar-refractivity contribution in [3.05, 3.63) is 43.7 Å². The van der Waals surface area contributed by atoms with Crippen molar-refractivity contribution < 1.29 is 0 Å². The lowest BCUT2D eigenvalue weighted by molar-refractivity contribution is 0.453. The molecule has 1 saturated carbocycles. The fraction of sp³-hybridized carbons (Fsp3) is 0.500. The highest BCUT2D eigenvalue weighted by molar-refractivity contribution is 7.16. The van der Waals surface area contributed by atoms with Gasteiger partial charge in [-0.2, -0.15) is 0 Å². The minimum Gasteiger partial charge on any atom is -0.305 e. The van der Waals surface area contributed by atoms with Gasteiger partial charge in [0.25, 0.3) is 0 Å². The van der Waals surface area contributed by atoms with E-state index in [4.69, 9.17) is 11.6 Å². The van der Waals surface area contributed by atoms with Gasteiger partial charge in [-0.3, -0.25) is 0 Å². The zero-order chi connectivity index (χ0) is 13.9. The van der Waals surface area contributed by atoms with E-state index in [1.54, 1.807) is 11.3 Å². The van der Waals surface area contributed by atoms with Gasteiger partial charge in [0.1, 0.15) is 0 Å². The molecule has 0 bridgehead atoms. The van der Waals surface area contributed by atoms with Gasteiger partial charge in [0.05, 0.1) is 10.4 Å². The summed E-state index contributed by atoms with van der Waals surface area (Å²) in [6.45, 7) is 3.48. The Hall–Kier alpha value is -0.350. The van der Waals surface area contributed by atoms with E-state index in [2.05, 4.69) is 35.8 Å². The number of halogens is 1. The third-order valence-electron chi connectivity index (χ3n) is 4.12. The molecule has 0 aromatic carbocycles. The van der Waals surface area contributed by atoms with Crippen molar-refractivity contribution in [2.45, 2.75) is 32.2 Å². The topological polar surface area (TPSA) is 12.0 Å². The lowest BCUT2D eigenvalue weighted by Gasteiger charge is -2.19. The lowest BCUT2D eigenvalue weighted by Crippen LogP contribution is -2.26. The molecule has 4 heteroatoms. The first-order valence-corrected chi connectivity index (χ1v) is 9.32. The van der Waals surface area contributed by atoms with Gasteiger partial charge in [0, 0.05) is 9.75 Å². The van der Waals surface area contributed by atoms with Crippen molar-refractivity contribution in [2.75, 3.05) is 6.54 Å². The van der Waals surface area contributed by atoms with Crippen LogP contribution in [-0.2, 0) is 0 Å². The Kier molecular flexibility index (Phi) is 4.82. The zero-order valence-electron chi connectivity index (χ0n) is 11.6. The molecule has 3 rings (SSSR count). The highest BCUT2D eigenvalue weighted by Crippen LogP contribution is 2.35. The van der Waals surface area contributed by atoms with Crippen LogP contribution in [0.25, 0.3) is 0 Å². The molecule has 0 amide bonds. The molecule has 1 fully saturated rings. The predicted molar refractivity (Wildman–Crippen MR) is 90.0 cm³/mol. The standard InChI is InChI=1S/C16H20ClNS2/c1-11-4-5-12(9-11)10-18-16(13-3-2-8-19-13)14-6-7-15(17)20-14/h2-3,6-8,11-12,16,18H,4-5,9-10H2,1H3. The Morgan fingerprint density at radius 3 is 2.80 bits per heavy atom. The van der Waals surface area contributed by atoms with E-state index in [-0.39, 0.29) is 0 Å². The third kappa shape index (κ3) is 3.45. The van der Waals surface area contributed by atoms with E-state index in [1.165, 1.54) is 29.0 Å². The average molecular weight is 326 g/mol. The summed E-state index contributed by atoms with van der Waals surface area (Å²) in [7, 11) is 0. The first-order valence-electron chi connectivity index (χ1n) is 7.24. The second kappa shape index (κ2) is 6.61. The largest absolute Gasteiger partial charge is 0.305 e. The molecule has 2 aromatic heterocycles. The quantitative estimate of drug-likeness (QED) is 0.756. The summed E-state index contributed by atoms with van der Waals surface area (Å²) in [4.78, 5) is 2.71. The van der Waals surface area contributed by atoms with Gasteiger partial charge in [-0.25, -0.2) is 0 Å². The fourth-order valence-corrected chi connectivity index (χ4v) is 5.12. The predicted octanol–water partition coefficient (Wildman–Crippen LogP) is 5.58. The average Bonchev–Trinajstić information content (AvgIpc) is 3.13. The summed E-state index contributed by atoms with van der Waals surface area (Å²) in [6.07, 6.45) is 4.13. The van der Waals surface area contributed by atoms with E-state index in [1.807, 2.05) is 17.4 Å². The molecule has 108 valence electrons. The molecule has 2 aromatic rings. The summed E-state index contributed by atoms with van der Waals surface area (Å²) in [5, 5.41) is 5.93. The van der Waals surface area contributed by atoms with Crippen molar-refractivity contribution in [3.63, 3.8) is 0 Å². The minimum atomic E-state index is 0.309. The van der Waals surface area contributed by atoms with Crippen LogP contribution in [0.5, 0.6) is 0 Å². The van der Waals surface area contributed by atoms with Crippen LogP contribution in [0.2, 0.25) is 4.34 Å². The summed E-state index contributed by atoms with van der Waals surface area (Å²) >= 11 is 9.61. The van der Waals surface area contributed by atoms with Crippen molar-refractivity contribution in [2.24, 2.45) is 11.8 Å². The van der Waals surface area contributed by atoms with E-state index in [0.717, 1.165) is 22.7 Å². The number of thiophene rings is 2. The van der Waals surface area contributed by atoms with Crippen LogP contribution in [0.1, 0.15) is 42.0 Å². The maximum atomic E-state index is 6.11. The lowest BCUT2D eigenvalue weighted by atomic mass is 10.1. The summed E-state index contributed by atoms with van der Waals surface area (Å²) in [5.74, 6) is 1.74. The van der Waals surface area contributed by atoms with Crippen LogP contribution in [0.4, 0.5) is 0 Å². The van der Waals surface area contributed by atoms with E-state index in [9.17, 15) is 0 Å². The molecule has 3 atom stereocenters. The maximum Gasteiger partial charge on any atom is 0.0931 e. The van der Waals surface area contributed by atoms with E-state index < -0.39 is 0 Å². The van der Waals surface area contributed by atoms with Crippen molar-refractivity contribution >= 4 is 34.3 Å². The number of nitrogens with one attached hydrogen (secondary N) is 1. The molecule has 0 spiro atoms. The van der Waals surface area contributed by atoms with Gasteiger partial charge in [0.2, 0.25) is 0 Å². The van der Waals surface area contributed by atoms with Crippen LogP contribution in [0.3, 0.4) is 0 Å². The molecule has 0 aliphatic heterocycles. The normalized spacial score (nSPS) is 24.1. The Morgan fingerprint density at radius 1 is 1.30 bits per heavy atom. The molecule has 0 saturated heterocycles. The molecule has 1 nitrogen and oxygen atoms in total. The highest BCUT2D eigenvalue weighted by atomic mass is 35.5. The number of rotatable bonds is 5. The van der Waals surface area contributed by atoms with Crippen molar-refractivity contribution in [3.8, 4) is 0 Å². The van der Waals surface area contributed by atoms with Crippen molar-refractivity contribution in [1.82, 2.24) is 5.32 Å². The molecule has 0 radical (unpaired) electrons. The molecule has 3 unspecified atom stereocenters. The highest BCUT2D eigenvalue weighted by Gasteiger charge is 2.23. The Bertz CT molecular complexity index is 534. The SMILES string of the molecule is CC1CCC(CNC(c2cccs2)c2ccc(Cl)s2)C1. The zero-order valence-corrected chi connectivity index (χ0v) is 14.0. The Morgan fingerprint density at radius 2 is 2.20 bits per heavy atom.